The van der Waals surface area contributed by atoms with Crippen LogP contribution in [0.25, 0.3) is 0 Å². The molecular weight excluding hydrogens is 300 g/mol. The zero-order valence-electron chi connectivity index (χ0n) is 9.24. The molecule has 0 bridgehead atoms. The van der Waals surface area contributed by atoms with Crippen LogP contribution >= 0.6 is 27.3 Å². The molecule has 0 unspecified atom stereocenters. The molecule has 1 amide bonds. The van der Waals surface area contributed by atoms with Gasteiger partial charge in [-0.05, 0) is 40.5 Å². The summed E-state index contributed by atoms with van der Waals surface area (Å²) in [4.78, 5) is 17.2. The minimum absolute atomic E-state index is 0.115. The Kier molecular flexibility index (Phi) is 3.91. The van der Waals surface area contributed by atoms with Gasteiger partial charge in [0.15, 0.2) is 0 Å². The lowest BCUT2D eigenvalue weighted by atomic mass is 10.2. The van der Waals surface area contributed by atoms with E-state index in [0.29, 0.717) is 11.4 Å². The second-order valence-electron chi connectivity index (χ2n) is 3.47. The molecule has 0 aromatic carbocycles. The van der Waals surface area contributed by atoms with Crippen molar-refractivity contribution in [2.45, 2.75) is 13.3 Å². The third kappa shape index (κ3) is 3.14. The molecule has 0 saturated carbocycles. The highest BCUT2D eigenvalue weighted by atomic mass is 79.9. The average Bonchev–Trinajstić information content (AvgIpc) is 2.81. The number of amides is 1. The molecule has 0 fully saturated rings. The summed E-state index contributed by atoms with van der Waals surface area (Å²) >= 11 is 4.90. The van der Waals surface area contributed by atoms with Gasteiger partial charge in [-0.15, -0.1) is 11.3 Å². The summed E-state index contributed by atoms with van der Waals surface area (Å²) in [6, 6.07) is 5.52. The van der Waals surface area contributed by atoms with Crippen molar-refractivity contribution >= 4 is 39.0 Å². The molecule has 17 heavy (non-hydrogen) atoms. The Morgan fingerprint density at radius 2 is 2.35 bits per heavy atom. The highest BCUT2D eigenvalue weighted by molar-refractivity contribution is 9.10. The van der Waals surface area contributed by atoms with Gasteiger partial charge in [-0.1, -0.05) is 6.92 Å². The number of rotatable bonds is 3. The second-order valence-corrected chi connectivity index (χ2v) is 5.38. The highest BCUT2D eigenvalue weighted by Gasteiger charge is 2.08. The van der Waals surface area contributed by atoms with Crippen LogP contribution in [0, 0.1) is 0 Å². The Hall–Kier alpha value is -1.20. The number of nitrogens with one attached hydrogen (secondary N) is 1. The molecule has 2 heterocycles. The topological polar surface area (TPSA) is 42.0 Å². The van der Waals surface area contributed by atoms with E-state index >= 15 is 0 Å². The molecule has 5 heteroatoms. The number of carbonyl (C=O) groups excluding carboxylic acids is 1. The van der Waals surface area contributed by atoms with E-state index in [1.165, 1.54) is 4.88 Å². The Labute approximate surface area is 112 Å². The molecular formula is C12H11BrN2OS. The van der Waals surface area contributed by atoms with Gasteiger partial charge in [-0.3, -0.25) is 4.79 Å². The average molecular weight is 311 g/mol. The fraction of sp³-hybridized carbons (Fsp3) is 0.167. The van der Waals surface area contributed by atoms with Crippen LogP contribution in [0.4, 0.5) is 5.82 Å². The van der Waals surface area contributed by atoms with Gasteiger partial charge in [0.05, 0.1) is 5.56 Å². The molecule has 0 saturated heterocycles. The van der Waals surface area contributed by atoms with Gasteiger partial charge in [0.2, 0.25) is 0 Å². The van der Waals surface area contributed by atoms with Crippen LogP contribution in [0.1, 0.15) is 22.2 Å². The zero-order valence-corrected chi connectivity index (χ0v) is 11.6. The van der Waals surface area contributed by atoms with Crippen molar-refractivity contribution in [3.63, 3.8) is 0 Å². The first-order chi connectivity index (χ1) is 8.19. The number of halogens is 1. The fourth-order valence-corrected chi connectivity index (χ4v) is 2.37. The molecule has 2 rings (SSSR count). The molecule has 2 aromatic heterocycles. The first-order valence-corrected chi connectivity index (χ1v) is 6.86. The van der Waals surface area contributed by atoms with E-state index in [-0.39, 0.29) is 5.91 Å². The van der Waals surface area contributed by atoms with E-state index in [1.807, 2.05) is 17.5 Å². The maximum Gasteiger partial charge on any atom is 0.257 e. The molecule has 0 spiro atoms. The van der Waals surface area contributed by atoms with Gasteiger partial charge in [-0.2, -0.15) is 0 Å². The normalized spacial score (nSPS) is 10.2. The third-order valence-corrected chi connectivity index (χ3v) is 3.78. The summed E-state index contributed by atoms with van der Waals surface area (Å²) in [7, 11) is 0. The van der Waals surface area contributed by atoms with Crippen molar-refractivity contribution < 1.29 is 4.79 Å². The predicted octanol–water partition coefficient (Wildman–Crippen LogP) is 3.72. The van der Waals surface area contributed by atoms with Crippen molar-refractivity contribution in [3.8, 4) is 0 Å². The molecule has 0 radical (unpaired) electrons. The van der Waals surface area contributed by atoms with E-state index < -0.39 is 0 Å². The molecule has 2 aromatic rings. The second kappa shape index (κ2) is 5.42. The van der Waals surface area contributed by atoms with Gasteiger partial charge < -0.3 is 5.32 Å². The monoisotopic (exact) mass is 310 g/mol. The van der Waals surface area contributed by atoms with E-state index in [9.17, 15) is 4.79 Å². The molecule has 0 atom stereocenters. The van der Waals surface area contributed by atoms with Crippen LogP contribution in [0.3, 0.4) is 0 Å². The summed E-state index contributed by atoms with van der Waals surface area (Å²) in [5.41, 5.74) is 0.691. The Balaban J connectivity index is 2.08. The molecule has 3 nitrogen and oxygen atoms in total. The number of pyridine rings is 1. The molecule has 0 aliphatic rings. The molecule has 0 aliphatic carbocycles. The number of aryl methyl sites for hydroxylation is 1. The molecule has 1 N–H and O–H groups in total. The third-order valence-electron chi connectivity index (χ3n) is 2.23. The number of hydrogen-bond donors (Lipinski definition) is 1. The number of aromatic nitrogens is 1. The minimum Gasteiger partial charge on any atom is -0.307 e. The lowest BCUT2D eigenvalue weighted by molar-refractivity contribution is 0.102. The largest absolute Gasteiger partial charge is 0.307 e. The first kappa shape index (κ1) is 12.3. The predicted molar refractivity (Wildman–Crippen MR) is 73.6 cm³/mol. The SMILES string of the molecule is CCc1cc(C(=O)Nc2ccc(Br)cn2)cs1. The summed E-state index contributed by atoms with van der Waals surface area (Å²) in [5, 5.41) is 4.63. The van der Waals surface area contributed by atoms with Crippen LogP contribution in [-0.2, 0) is 6.42 Å². The van der Waals surface area contributed by atoms with Crippen LogP contribution in [0.2, 0.25) is 0 Å². The summed E-state index contributed by atoms with van der Waals surface area (Å²) < 4.78 is 0.888. The van der Waals surface area contributed by atoms with Gasteiger partial charge in [0, 0.05) is 20.9 Å². The lowest BCUT2D eigenvalue weighted by Crippen LogP contribution is -2.11. The number of anilines is 1. The van der Waals surface area contributed by atoms with E-state index in [4.69, 9.17) is 0 Å². The summed E-state index contributed by atoms with van der Waals surface area (Å²) in [6.07, 6.45) is 2.61. The number of nitrogens with zero attached hydrogens (tertiary/aromatic N) is 1. The van der Waals surface area contributed by atoms with Crippen LogP contribution in [-0.4, -0.2) is 10.9 Å². The minimum atomic E-state index is -0.115. The first-order valence-electron chi connectivity index (χ1n) is 5.19. The summed E-state index contributed by atoms with van der Waals surface area (Å²) in [6.45, 7) is 2.07. The lowest BCUT2D eigenvalue weighted by Gasteiger charge is -2.02. The standard InChI is InChI=1S/C12H11BrN2OS/c1-2-10-5-8(7-17-10)12(16)15-11-4-3-9(13)6-14-11/h3-7H,2H2,1H3,(H,14,15,16). The van der Waals surface area contributed by atoms with Crippen LogP contribution < -0.4 is 5.32 Å². The number of carbonyl (C=O) groups is 1. The number of hydrogen-bond acceptors (Lipinski definition) is 3. The fourth-order valence-electron chi connectivity index (χ4n) is 1.32. The van der Waals surface area contributed by atoms with Crippen molar-refractivity contribution in [1.82, 2.24) is 4.98 Å². The molecule has 0 aliphatic heterocycles. The van der Waals surface area contributed by atoms with Gasteiger partial charge in [-0.25, -0.2) is 4.98 Å². The van der Waals surface area contributed by atoms with Crippen molar-refractivity contribution in [2.24, 2.45) is 0 Å². The Morgan fingerprint density at radius 3 is 2.94 bits per heavy atom. The highest BCUT2D eigenvalue weighted by Crippen LogP contribution is 2.17. The van der Waals surface area contributed by atoms with Crippen LogP contribution in [0.5, 0.6) is 0 Å². The smallest absolute Gasteiger partial charge is 0.257 e. The van der Waals surface area contributed by atoms with Gasteiger partial charge in [0.25, 0.3) is 5.91 Å². The zero-order chi connectivity index (χ0) is 12.3. The Morgan fingerprint density at radius 1 is 1.53 bits per heavy atom. The molecule has 88 valence electrons. The van der Waals surface area contributed by atoms with Crippen molar-refractivity contribution in [1.29, 1.82) is 0 Å². The van der Waals surface area contributed by atoms with Crippen molar-refractivity contribution in [3.05, 3.63) is 44.7 Å². The Bertz CT molecular complexity index is 522. The maximum absolute atomic E-state index is 11.9. The van der Waals surface area contributed by atoms with E-state index in [0.717, 1.165) is 10.9 Å². The van der Waals surface area contributed by atoms with E-state index in [2.05, 4.69) is 33.2 Å². The summed E-state index contributed by atoms with van der Waals surface area (Å²) in [5.74, 6) is 0.443. The van der Waals surface area contributed by atoms with Gasteiger partial charge in [0.1, 0.15) is 5.82 Å². The van der Waals surface area contributed by atoms with E-state index in [1.54, 1.807) is 23.6 Å². The quantitative estimate of drug-likeness (QED) is 0.938. The van der Waals surface area contributed by atoms with Crippen molar-refractivity contribution in [2.75, 3.05) is 5.32 Å². The van der Waals surface area contributed by atoms with Crippen LogP contribution in [0.15, 0.2) is 34.2 Å². The number of thiophene rings is 1. The maximum atomic E-state index is 11.9. The van der Waals surface area contributed by atoms with Gasteiger partial charge >= 0.3 is 0 Å².